The molecular weight excluding hydrogens is 318 g/mol. The molecule has 0 aliphatic rings. The summed E-state index contributed by atoms with van der Waals surface area (Å²) in [5.41, 5.74) is 0. The molecule has 0 aromatic carbocycles. The first kappa shape index (κ1) is 19.1. The van der Waals surface area contributed by atoms with Gasteiger partial charge in [-0.25, -0.2) is 0 Å². The first-order chi connectivity index (χ1) is 4.46. The van der Waals surface area contributed by atoms with E-state index in [4.69, 9.17) is 10.2 Å². The summed E-state index contributed by atoms with van der Waals surface area (Å²) in [5.74, 6) is -2.57. The predicted molar refractivity (Wildman–Crippen MR) is 56.5 cm³/mol. The number of carbonyl (C=O) groups is 2. The molecule has 0 bridgehead atoms. The summed E-state index contributed by atoms with van der Waals surface area (Å²) < 4.78 is 0. The van der Waals surface area contributed by atoms with E-state index >= 15 is 0 Å². The van der Waals surface area contributed by atoms with E-state index in [1.165, 1.54) is 0 Å². The van der Waals surface area contributed by atoms with Gasteiger partial charge in [-0.05, 0) is 0 Å². The number of aliphatic carboxylic acids is 2. The molecule has 0 aliphatic carbocycles. The van der Waals surface area contributed by atoms with Gasteiger partial charge in [-0.2, -0.15) is 25.3 Å². The Bertz CT molecular complexity index is 149. The van der Waals surface area contributed by atoms with Crippen LogP contribution in [0.1, 0.15) is 0 Å². The van der Waals surface area contributed by atoms with Crippen LogP contribution < -0.4 is 0 Å². The minimum absolute atomic E-state index is 0. The zero-order valence-electron chi connectivity index (χ0n) is 5.47. The summed E-state index contributed by atoms with van der Waals surface area (Å²) in [6, 6.07) is 0. The predicted octanol–water partition coefficient (Wildman–Crippen LogP) is -1.81. The third-order valence-corrected chi connectivity index (χ3v) is 2.08. The van der Waals surface area contributed by atoms with E-state index in [2.05, 4.69) is 25.3 Å². The topological polar surface area (TPSA) is 74.6 Å². The van der Waals surface area contributed by atoms with Gasteiger partial charge in [-0.1, -0.05) is 0 Å². The van der Waals surface area contributed by atoms with Crippen LogP contribution in [0, 0.1) is 0 Å². The van der Waals surface area contributed by atoms with E-state index < -0.39 is 22.4 Å². The Labute approximate surface area is 120 Å². The van der Waals surface area contributed by atoms with Crippen LogP contribution in [0.15, 0.2) is 0 Å². The van der Waals surface area contributed by atoms with Crippen molar-refractivity contribution in [1.82, 2.24) is 0 Å². The number of hydrogen-bond donors (Lipinski definition) is 4. The summed E-state index contributed by atoms with van der Waals surface area (Å²) in [5, 5.41) is 13.9. The Balaban J connectivity index is -0.000000405. The summed E-state index contributed by atoms with van der Waals surface area (Å²) >= 11 is 7.00. The molecule has 0 fully saturated rings. The second-order valence-corrected chi connectivity index (χ2v) is 2.68. The molecular formula is C4H9NaO4S2Sn. The van der Waals surface area contributed by atoms with Gasteiger partial charge in [0.05, 0.1) is 0 Å². The molecule has 4 nitrogen and oxygen atoms in total. The van der Waals surface area contributed by atoms with E-state index in [-0.39, 0.29) is 53.5 Å². The molecule has 8 heteroatoms. The third kappa shape index (κ3) is 6.90. The van der Waals surface area contributed by atoms with Crippen molar-refractivity contribution < 1.29 is 19.8 Å². The Morgan fingerprint density at radius 2 is 1.17 bits per heavy atom. The van der Waals surface area contributed by atoms with Crippen molar-refractivity contribution in [3.63, 3.8) is 0 Å². The number of carboxylic acid groups (broad SMARTS) is 2. The molecule has 0 aliphatic heterocycles. The first-order valence-corrected chi connectivity index (χ1v) is 3.32. The molecule has 0 amide bonds. The van der Waals surface area contributed by atoms with Gasteiger partial charge in [0.25, 0.3) is 0 Å². The molecule has 0 rings (SSSR count). The van der Waals surface area contributed by atoms with Crippen molar-refractivity contribution >= 4 is 90.7 Å². The molecule has 2 N–H and O–H groups in total. The Hall–Kier alpha value is 1.44. The fourth-order valence-corrected chi connectivity index (χ4v) is 0.525. The van der Waals surface area contributed by atoms with Crippen molar-refractivity contribution in [2.45, 2.75) is 10.5 Å². The number of rotatable bonds is 3. The summed E-state index contributed by atoms with van der Waals surface area (Å²) in [6.45, 7) is 0. The quantitative estimate of drug-likeness (QED) is 0.364. The fourth-order valence-electron chi connectivity index (χ4n) is 0.270. The van der Waals surface area contributed by atoms with Crippen LogP contribution in [-0.4, -0.2) is 86.1 Å². The Morgan fingerprint density at radius 1 is 1.00 bits per heavy atom. The van der Waals surface area contributed by atoms with Crippen molar-refractivity contribution in [3.05, 3.63) is 0 Å². The van der Waals surface area contributed by atoms with E-state index in [1.807, 2.05) is 0 Å². The zero-order valence-corrected chi connectivity index (χ0v) is 11.3. The molecule has 12 heavy (non-hydrogen) atoms. The van der Waals surface area contributed by atoms with E-state index in [9.17, 15) is 9.59 Å². The van der Waals surface area contributed by atoms with Crippen molar-refractivity contribution in [2.24, 2.45) is 0 Å². The average Bonchev–Trinajstić information content (AvgIpc) is 1.84. The minimum atomic E-state index is -1.29. The van der Waals surface area contributed by atoms with Crippen LogP contribution in [0.2, 0.25) is 0 Å². The summed E-state index contributed by atoms with van der Waals surface area (Å²) in [4.78, 5) is 20.1. The van der Waals surface area contributed by atoms with Crippen molar-refractivity contribution in [1.29, 1.82) is 0 Å². The molecule has 2 atom stereocenters. The number of carboxylic acids is 2. The van der Waals surface area contributed by atoms with Crippen LogP contribution >= 0.6 is 25.3 Å². The van der Waals surface area contributed by atoms with Gasteiger partial charge in [-0.15, -0.1) is 0 Å². The van der Waals surface area contributed by atoms with Gasteiger partial charge in [0.15, 0.2) is 0 Å². The molecule has 0 aromatic heterocycles. The number of hydrogen-bond acceptors (Lipinski definition) is 4. The molecule has 66 valence electrons. The van der Waals surface area contributed by atoms with Gasteiger partial charge in [0, 0.05) is 0 Å². The molecule has 2 radical (unpaired) electrons. The molecule has 0 spiro atoms. The maximum atomic E-state index is 10.1. The summed E-state index contributed by atoms with van der Waals surface area (Å²) in [6.07, 6.45) is 0. The van der Waals surface area contributed by atoms with Crippen molar-refractivity contribution in [3.8, 4) is 0 Å². The fraction of sp³-hybridized carbons (Fsp3) is 0.500. The molecule has 2 unspecified atom stereocenters. The van der Waals surface area contributed by atoms with Crippen LogP contribution in [0.25, 0.3) is 0 Å². The van der Waals surface area contributed by atoms with Gasteiger partial charge < -0.3 is 10.2 Å². The van der Waals surface area contributed by atoms with Crippen LogP contribution in [0.4, 0.5) is 0 Å². The Kier molecular flexibility index (Phi) is 14.3. The van der Waals surface area contributed by atoms with E-state index in [0.29, 0.717) is 0 Å². The molecule has 0 heterocycles. The van der Waals surface area contributed by atoms with Gasteiger partial charge in [0.1, 0.15) is 10.5 Å². The van der Waals surface area contributed by atoms with E-state index in [0.717, 1.165) is 0 Å². The van der Waals surface area contributed by atoms with Crippen molar-refractivity contribution in [2.75, 3.05) is 0 Å². The molecule has 0 saturated carbocycles. The Morgan fingerprint density at radius 3 is 1.25 bits per heavy atom. The third-order valence-electron chi connectivity index (χ3n) is 0.805. The monoisotopic (exact) mass is 328 g/mol. The molecule has 0 saturated heterocycles. The first-order valence-electron chi connectivity index (χ1n) is 2.28. The maximum absolute atomic E-state index is 10.1. The normalized spacial score (nSPS) is 13.2. The van der Waals surface area contributed by atoms with Crippen LogP contribution in [-0.2, 0) is 9.59 Å². The van der Waals surface area contributed by atoms with E-state index in [1.54, 1.807) is 0 Å². The second-order valence-electron chi connectivity index (χ2n) is 1.57. The molecule has 0 aromatic rings. The number of thiol groups is 2. The van der Waals surface area contributed by atoms with Gasteiger partial charge in [-0.3, -0.25) is 9.59 Å². The standard InChI is InChI=1S/C4H6O4S2.Na.Sn.3H/c5-3(6)1(9)2(10)4(7)8;;;;;/h1-2,9-10H,(H,5,6)(H,7,8);;;;;. The average molecular weight is 327 g/mol. The van der Waals surface area contributed by atoms with Gasteiger partial charge >= 0.3 is 65.4 Å². The van der Waals surface area contributed by atoms with Gasteiger partial charge in [0.2, 0.25) is 0 Å². The zero-order chi connectivity index (χ0) is 8.31. The second kappa shape index (κ2) is 9.01. The van der Waals surface area contributed by atoms with Crippen LogP contribution in [0.3, 0.4) is 0 Å². The summed E-state index contributed by atoms with van der Waals surface area (Å²) in [7, 11) is 0. The van der Waals surface area contributed by atoms with Crippen LogP contribution in [0.5, 0.6) is 0 Å². The SMILES string of the molecule is O=C(O)C(S)C(S)C(=O)O.[NaH].[SnH2].